The van der Waals surface area contributed by atoms with Crippen molar-refractivity contribution >= 4 is 12.1 Å². The Morgan fingerprint density at radius 3 is 1.68 bits per heavy atom. The molecule has 0 fully saturated rings. The van der Waals surface area contributed by atoms with Crippen LogP contribution in [0.2, 0.25) is 0 Å². The van der Waals surface area contributed by atoms with E-state index < -0.39 is 11.7 Å². The fraction of sp³-hybridized carbons (Fsp3) is 0.810. The fourth-order valence-corrected chi connectivity index (χ4v) is 1.90. The number of carbonyl (C=O) groups is 2. The van der Waals surface area contributed by atoms with Gasteiger partial charge in [0.25, 0.3) is 0 Å². The van der Waals surface area contributed by atoms with E-state index in [2.05, 4.69) is 11.9 Å². The topological polar surface area (TPSA) is 111 Å². The fourth-order valence-electron chi connectivity index (χ4n) is 1.90. The zero-order valence-corrected chi connectivity index (χ0v) is 19.2. The molecule has 10 nitrogen and oxygen atoms in total. The summed E-state index contributed by atoms with van der Waals surface area (Å²) in [4.78, 5) is 22.6. The Bertz CT molecular complexity index is 466. The van der Waals surface area contributed by atoms with Crippen LogP contribution in [0.4, 0.5) is 4.79 Å². The second kappa shape index (κ2) is 20.2. The van der Waals surface area contributed by atoms with Crippen LogP contribution in [-0.2, 0) is 38.0 Å². The van der Waals surface area contributed by atoms with Gasteiger partial charge in [-0.25, -0.2) is 4.79 Å². The summed E-state index contributed by atoms with van der Waals surface area (Å²) in [5, 5.41) is 2.61. The third-order valence-electron chi connectivity index (χ3n) is 3.22. The van der Waals surface area contributed by atoms with Crippen molar-refractivity contribution in [1.29, 1.82) is 0 Å². The summed E-state index contributed by atoms with van der Waals surface area (Å²) in [6.45, 7) is 13.8. The van der Waals surface area contributed by atoms with Crippen molar-refractivity contribution in [3.8, 4) is 0 Å². The van der Waals surface area contributed by atoms with E-state index in [1.807, 2.05) is 20.8 Å². The highest BCUT2D eigenvalue weighted by atomic mass is 16.6. The number of hydrogen-bond acceptors (Lipinski definition) is 9. The summed E-state index contributed by atoms with van der Waals surface area (Å²) in [6.07, 6.45) is 1.28. The van der Waals surface area contributed by atoms with Crippen LogP contribution in [0.5, 0.6) is 0 Å². The van der Waals surface area contributed by atoms with Gasteiger partial charge in [-0.3, -0.25) is 4.79 Å². The maximum Gasteiger partial charge on any atom is 0.407 e. The third kappa shape index (κ3) is 24.4. The average molecular weight is 450 g/mol. The largest absolute Gasteiger partial charge is 0.461 e. The Kier molecular flexibility index (Phi) is 19.1. The Balaban J connectivity index is 3.18. The average Bonchev–Trinajstić information content (AvgIpc) is 2.70. The predicted molar refractivity (Wildman–Crippen MR) is 114 cm³/mol. The van der Waals surface area contributed by atoms with Crippen LogP contribution in [0.3, 0.4) is 0 Å². The minimum atomic E-state index is -0.509. The number of rotatable bonds is 20. The van der Waals surface area contributed by atoms with Gasteiger partial charge in [0.15, 0.2) is 0 Å². The van der Waals surface area contributed by atoms with Gasteiger partial charge in [0.05, 0.1) is 72.5 Å². The number of alkyl carbamates (subject to hydrolysis) is 1. The molecule has 0 saturated heterocycles. The van der Waals surface area contributed by atoms with Crippen LogP contribution < -0.4 is 5.32 Å². The van der Waals surface area contributed by atoms with Crippen molar-refractivity contribution < 1.29 is 42.7 Å². The normalized spacial score (nSPS) is 11.2. The first-order chi connectivity index (χ1) is 14.8. The summed E-state index contributed by atoms with van der Waals surface area (Å²) < 4.78 is 36.7. The van der Waals surface area contributed by atoms with Crippen LogP contribution in [0.25, 0.3) is 0 Å². The lowest BCUT2D eigenvalue weighted by Gasteiger charge is -2.19. The van der Waals surface area contributed by atoms with Crippen LogP contribution >= 0.6 is 0 Å². The van der Waals surface area contributed by atoms with Gasteiger partial charge in [0.2, 0.25) is 0 Å². The third-order valence-corrected chi connectivity index (χ3v) is 3.22. The van der Waals surface area contributed by atoms with Gasteiger partial charge in [0.1, 0.15) is 12.2 Å². The van der Waals surface area contributed by atoms with Gasteiger partial charge in [-0.2, -0.15) is 0 Å². The number of carbonyl (C=O) groups excluding carboxylic acids is 2. The quantitative estimate of drug-likeness (QED) is 0.169. The summed E-state index contributed by atoms with van der Waals surface area (Å²) in [7, 11) is 0. The van der Waals surface area contributed by atoms with E-state index >= 15 is 0 Å². The van der Waals surface area contributed by atoms with Crippen molar-refractivity contribution in [3.05, 3.63) is 12.7 Å². The maximum atomic E-state index is 11.4. The molecule has 0 bridgehead atoms. The van der Waals surface area contributed by atoms with Gasteiger partial charge in [-0.15, -0.1) is 0 Å². The zero-order chi connectivity index (χ0) is 23.2. The molecule has 10 heteroatoms. The zero-order valence-electron chi connectivity index (χ0n) is 19.2. The lowest BCUT2D eigenvalue weighted by molar-refractivity contribution is -0.143. The molecule has 0 aliphatic heterocycles. The molecule has 0 radical (unpaired) electrons. The molecule has 0 rings (SSSR count). The van der Waals surface area contributed by atoms with Crippen molar-refractivity contribution in [1.82, 2.24) is 5.32 Å². The number of hydrogen-bond donors (Lipinski definition) is 1. The molecule has 0 heterocycles. The number of nitrogens with one attached hydrogen (secondary N) is 1. The Morgan fingerprint density at radius 2 is 1.23 bits per heavy atom. The molecular weight excluding hydrogens is 410 g/mol. The van der Waals surface area contributed by atoms with Crippen molar-refractivity contribution in [2.24, 2.45) is 0 Å². The number of esters is 1. The highest BCUT2D eigenvalue weighted by Gasteiger charge is 2.15. The predicted octanol–water partition coefficient (Wildman–Crippen LogP) is 1.71. The summed E-state index contributed by atoms with van der Waals surface area (Å²) >= 11 is 0. The number of amides is 1. The molecule has 0 aliphatic rings. The van der Waals surface area contributed by atoms with Crippen molar-refractivity contribution in [3.63, 3.8) is 0 Å². The molecule has 182 valence electrons. The Morgan fingerprint density at radius 1 is 0.774 bits per heavy atom. The molecule has 0 spiro atoms. The molecule has 0 aromatic rings. The van der Waals surface area contributed by atoms with E-state index in [4.69, 9.17) is 33.2 Å². The molecule has 0 saturated carbocycles. The summed E-state index contributed by atoms with van der Waals surface area (Å²) in [6, 6.07) is 0. The van der Waals surface area contributed by atoms with Crippen molar-refractivity contribution in [2.75, 3.05) is 79.2 Å². The van der Waals surface area contributed by atoms with Crippen LogP contribution in [0, 0.1) is 0 Å². The lowest BCUT2D eigenvalue weighted by Crippen LogP contribution is -2.34. The SMILES string of the molecule is C=CCOC(=O)CCOCCOCCOCCOCCOCCNC(=O)OC(C)(C)C. The van der Waals surface area contributed by atoms with Crippen LogP contribution in [0.15, 0.2) is 12.7 Å². The molecule has 31 heavy (non-hydrogen) atoms. The first-order valence-electron chi connectivity index (χ1n) is 10.5. The smallest absolute Gasteiger partial charge is 0.407 e. The molecule has 0 aromatic heterocycles. The molecule has 0 aliphatic carbocycles. The molecular formula is C21H39NO9. The van der Waals surface area contributed by atoms with E-state index in [0.29, 0.717) is 72.6 Å². The van der Waals surface area contributed by atoms with E-state index in [1.54, 1.807) is 0 Å². The Labute approximate surface area is 185 Å². The van der Waals surface area contributed by atoms with E-state index in [-0.39, 0.29) is 19.0 Å². The van der Waals surface area contributed by atoms with Crippen molar-refractivity contribution in [2.45, 2.75) is 32.8 Å². The monoisotopic (exact) mass is 449 g/mol. The maximum absolute atomic E-state index is 11.4. The first kappa shape index (κ1) is 29.3. The van der Waals surface area contributed by atoms with Gasteiger partial charge in [-0.1, -0.05) is 12.7 Å². The van der Waals surface area contributed by atoms with Crippen LogP contribution in [-0.4, -0.2) is 96.9 Å². The highest BCUT2D eigenvalue weighted by Crippen LogP contribution is 2.06. The highest BCUT2D eigenvalue weighted by molar-refractivity contribution is 5.69. The van der Waals surface area contributed by atoms with Crippen LogP contribution in [0.1, 0.15) is 27.2 Å². The van der Waals surface area contributed by atoms with Gasteiger partial charge in [0, 0.05) is 6.54 Å². The summed E-state index contributed by atoms with van der Waals surface area (Å²) in [5.41, 5.74) is -0.509. The molecule has 1 amide bonds. The molecule has 0 atom stereocenters. The standard InChI is InChI=1S/C21H39NO9/c1-5-8-30-19(23)6-9-25-11-13-27-15-17-29-18-16-28-14-12-26-10-7-22-20(24)31-21(2,3)4/h5H,1,6-18H2,2-4H3,(H,22,24). The lowest BCUT2D eigenvalue weighted by atomic mass is 10.2. The summed E-state index contributed by atoms with van der Waals surface area (Å²) in [5.74, 6) is -0.307. The minimum absolute atomic E-state index is 0.213. The van der Waals surface area contributed by atoms with Gasteiger partial charge < -0.3 is 38.5 Å². The number of ether oxygens (including phenoxy) is 7. The van der Waals surface area contributed by atoms with E-state index in [1.165, 1.54) is 6.08 Å². The second-order valence-corrected chi connectivity index (χ2v) is 7.21. The Hall–Kier alpha value is -1.72. The van der Waals surface area contributed by atoms with Gasteiger partial charge >= 0.3 is 12.1 Å². The second-order valence-electron chi connectivity index (χ2n) is 7.21. The molecule has 1 N–H and O–H groups in total. The molecule has 0 aromatic carbocycles. The van der Waals surface area contributed by atoms with E-state index in [0.717, 1.165) is 0 Å². The van der Waals surface area contributed by atoms with E-state index in [9.17, 15) is 9.59 Å². The molecule has 0 unspecified atom stereocenters. The van der Waals surface area contributed by atoms with Gasteiger partial charge in [-0.05, 0) is 20.8 Å². The minimum Gasteiger partial charge on any atom is -0.461 e. The first-order valence-corrected chi connectivity index (χ1v) is 10.5.